The van der Waals surface area contributed by atoms with Crippen molar-refractivity contribution in [2.75, 3.05) is 13.1 Å². The van der Waals surface area contributed by atoms with Gasteiger partial charge in [-0.15, -0.1) is 0 Å². The van der Waals surface area contributed by atoms with Gasteiger partial charge in [0.25, 0.3) is 0 Å². The van der Waals surface area contributed by atoms with Crippen molar-refractivity contribution in [3.8, 4) is 6.07 Å². The minimum Gasteiger partial charge on any atom is -0.370 e. The first kappa shape index (κ1) is 20.3. The molecule has 3 aromatic rings. The molecule has 31 heavy (non-hydrogen) atoms. The first-order valence-electron chi connectivity index (χ1n) is 10.8. The van der Waals surface area contributed by atoms with Crippen molar-refractivity contribution in [3.63, 3.8) is 0 Å². The Labute approximate surface area is 196 Å². The largest absolute Gasteiger partial charge is 0.370 e. The summed E-state index contributed by atoms with van der Waals surface area (Å²) in [6.07, 6.45) is 6.77. The van der Waals surface area contributed by atoms with Crippen molar-refractivity contribution in [2.24, 2.45) is 11.8 Å². The molecule has 1 aliphatic heterocycles. The van der Waals surface area contributed by atoms with E-state index in [2.05, 4.69) is 76.6 Å². The highest BCUT2D eigenvalue weighted by atomic mass is 127. The smallest absolute Gasteiger partial charge is 0.156 e. The summed E-state index contributed by atoms with van der Waals surface area (Å²) >= 11 is 2.37. The van der Waals surface area contributed by atoms with E-state index < -0.39 is 0 Å². The van der Waals surface area contributed by atoms with Crippen LogP contribution in [0.4, 0.5) is 0 Å². The Morgan fingerprint density at radius 3 is 2.87 bits per heavy atom. The van der Waals surface area contributed by atoms with E-state index in [9.17, 15) is 5.26 Å². The molecule has 0 bridgehead atoms. The number of hydrogen-bond acceptors (Lipinski definition) is 3. The lowest BCUT2D eigenvalue weighted by Gasteiger charge is -2.24. The number of nitriles is 1. The Morgan fingerprint density at radius 2 is 2.13 bits per heavy atom. The Kier molecular flexibility index (Phi) is 5.13. The summed E-state index contributed by atoms with van der Waals surface area (Å²) in [6, 6.07) is 12.6. The summed E-state index contributed by atoms with van der Waals surface area (Å²) in [7, 11) is 0. The minimum atomic E-state index is 0.460. The Hall–Kier alpha value is -2.59. The van der Waals surface area contributed by atoms with Crippen molar-refractivity contribution < 1.29 is 0 Å². The van der Waals surface area contributed by atoms with Crippen LogP contribution in [0.1, 0.15) is 32.3 Å². The first-order valence-corrected chi connectivity index (χ1v) is 11.9. The molecule has 4 nitrogen and oxygen atoms in total. The molecule has 1 saturated heterocycles. The molecule has 1 fully saturated rings. The molecule has 0 saturated carbocycles. The number of rotatable bonds is 2. The van der Waals surface area contributed by atoms with Crippen LogP contribution < -0.4 is 10.6 Å². The second kappa shape index (κ2) is 7.83. The van der Waals surface area contributed by atoms with Gasteiger partial charge < -0.3 is 4.90 Å². The van der Waals surface area contributed by atoms with Crippen LogP contribution in [0.5, 0.6) is 0 Å². The molecule has 1 aromatic carbocycles. The Morgan fingerprint density at radius 1 is 1.32 bits per heavy atom. The van der Waals surface area contributed by atoms with Crippen molar-refractivity contribution >= 4 is 51.0 Å². The van der Waals surface area contributed by atoms with Crippen molar-refractivity contribution in [1.29, 1.82) is 5.26 Å². The van der Waals surface area contributed by atoms with Gasteiger partial charge in [0.15, 0.2) is 5.65 Å². The van der Waals surface area contributed by atoms with Crippen molar-refractivity contribution in [2.45, 2.75) is 26.7 Å². The van der Waals surface area contributed by atoms with Gasteiger partial charge in [-0.05, 0) is 76.1 Å². The fourth-order valence-corrected chi connectivity index (χ4v) is 5.26. The van der Waals surface area contributed by atoms with Crippen LogP contribution in [0.3, 0.4) is 0 Å². The first-order chi connectivity index (χ1) is 15.0. The third-order valence-corrected chi connectivity index (χ3v) is 7.66. The second-order valence-electron chi connectivity index (χ2n) is 8.72. The van der Waals surface area contributed by atoms with Crippen molar-refractivity contribution in [1.82, 2.24) is 14.3 Å². The molecule has 2 aromatic heterocycles. The molecule has 2 atom stereocenters. The summed E-state index contributed by atoms with van der Waals surface area (Å²) in [5.41, 5.74) is 5.93. The van der Waals surface area contributed by atoms with E-state index in [1.807, 2.05) is 24.3 Å². The SMILES string of the molecule is C=C(I)C1CCN(C2=c3\cc(C#N)c4nc5ccccc5n4\c3=C/CC(C)/C(C)=C\2)C1. The number of nitrogens with zero attached hydrogens (tertiary/aromatic N) is 4. The number of aromatic nitrogens is 2. The molecular weight excluding hydrogens is 495 g/mol. The average molecular weight is 520 g/mol. The number of fused-ring (bicyclic) bond motifs is 5. The summed E-state index contributed by atoms with van der Waals surface area (Å²) in [4.78, 5) is 7.29. The van der Waals surface area contributed by atoms with Crippen molar-refractivity contribution in [3.05, 3.63) is 68.3 Å². The predicted octanol–water partition coefficient (Wildman–Crippen LogP) is 4.50. The van der Waals surface area contributed by atoms with Crippen LogP contribution >= 0.6 is 22.6 Å². The van der Waals surface area contributed by atoms with Crippen LogP contribution in [-0.2, 0) is 0 Å². The zero-order chi connectivity index (χ0) is 21.7. The number of pyridine rings is 1. The van der Waals surface area contributed by atoms with E-state index in [-0.39, 0.29) is 0 Å². The number of imidazole rings is 1. The number of para-hydroxylation sites is 2. The fourth-order valence-electron chi connectivity index (χ4n) is 4.75. The lowest BCUT2D eigenvalue weighted by molar-refractivity contribution is 0.478. The lowest BCUT2D eigenvalue weighted by Crippen LogP contribution is -2.39. The number of halogens is 1. The quantitative estimate of drug-likeness (QED) is 0.468. The number of allylic oxidation sites excluding steroid dienone is 1. The molecule has 1 aliphatic carbocycles. The van der Waals surface area contributed by atoms with Gasteiger partial charge in [-0.1, -0.05) is 37.3 Å². The van der Waals surface area contributed by atoms with Gasteiger partial charge in [0.2, 0.25) is 0 Å². The molecule has 2 unspecified atom stereocenters. The van der Waals surface area contributed by atoms with Gasteiger partial charge >= 0.3 is 0 Å². The highest BCUT2D eigenvalue weighted by molar-refractivity contribution is 14.1. The van der Waals surface area contributed by atoms with E-state index in [1.54, 1.807) is 0 Å². The summed E-state index contributed by atoms with van der Waals surface area (Å²) in [5, 5.41) is 12.3. The van der Waals surface area contributed by atoms with Crippen LogP contribution in [0.2, 0.25) is 0 Å². The maximum atomic E-state index is 9.98. The zero-order valence-corrected chi connectivity index (χ0v) is 20.1. The highest BCUT2D eigenvalue weighted by Crippen LogP contribution is 2.31. The third-order valence-electron chi connectivity index (χ3n) is 6.78. The van der Waals surface area contributed by atoms with Gasteiger partial charge in [0.05, 0.1) is 21.9 Å². The topological polar surface area (TPSA) is 44.3 Å². The third kappa shape index (κ3) is 3.38. The molecule has 0 radical (unpaired) electrons. The van der Waals surface area contributed by atoms with E-state index >= 15 is 0 Å². The second-order valence-corrected chi connectivity index (χ2v) is 10.1. The van der Waals surface area contributed by atoms with Gasteiger partial charge in [-0.3, -0.25) is 4.40 Å². The molecule has 5 rings (SSSR count). The van der Waals surface area contributed by atoms with Crippen LogP contribution in [0.25, 0.3) is 28.5 Å². The maximum absolute atomic E-state index is 9.98. The molecule has 0 amide bonds. The Balaban J connectivity index is 1.92. The number of hydrogen-bond donors (Lipinski definition) is 0. The van der Waals surface area contributed by atoms with E-state index in [0.29, 0.717) is 17.4 Å². The predicted molar refractivity (Wildman–Crippen MR) is 135 cm³/mol. The van der Waals surface area contributed by atoms with Gasteiger partial charge in [-0.2, -0.15) is 5.26 Å². The van der Waals surface area contributed by atoms with Crippen LogP contribution in [0.15, 0.2) is 52.1 Å². The summed E-state index contributed by atoms with van der Waals surface area (Å²) in [5.74, 6) is 0.965. The van der Waals surface area contributed by atoms with E-state index in [0.717, 1.165) is 53.2 Å². The minimum absolute atomic E-state index is 0.460. The van der Waals surface area contributed by atoms with Crippen LogP contribution in [0, 0.1) is 23.2 Å². The molecule has 2 aliphatic rings. The van der Waals surface area contributed by atoms with Crippen LogP contribution in [-0.4, -0.2) is 27.4 Å². The maximum Gasteiger partial charge on any atom is 0.156 e. The summed E-state index contributed by atoms with van der Waals surface area (Å²) in [6.45, 7) is 10.7. The zero-order valence-electron chi connectivity index (χ0n) is 17.9. The normalized spacial score (nSPS) is 25.8. The average Bonchev–Trinajstić information content (AvgIpc) is 3.40. The summed E-state index contributed by atoms with van der Waals surface area (Å²) < 4.78 is 3.41. The van der Waals surface area contributed by atoms with E-state index in [1.165, 1.54) is 14.8 Å². The van der Waals surface area contributed by atoms with Gasteiger partial charge in [0, 0.05) is 29.9 Å². The molecule has 0 spiro atoms. The Bertz CT molecular complexity index is 1420. The molecule has 3 heterocycles. The fraction of sp³-hybridized carbons (Fsp3) is 0.308. The molecular formula is C26H25IN4. The van der Waals surface area contributed by atoms with E-state index in [4.69, 9.17) is 4.98 Å². The standard InChI is InChI=1S/C26H25IN4/c1-16-8-9-23-21(25(12-17(16)2)30-11-10-19(15-30)18(3)27)13-20(14-28)26-29-22-6-4-5-7-24(22)31(23)26/h4-7,9,12-13,16,19H,3,8,10-11,15H2,1-2H3/b17-12-,23-9-,25-21+. The van der Waals surface area contributed by atoms with Gasteiger partial charge in [-0.25, -0.2) is 4.98 Å². The highest BCUT2D eigenvalue weighted by Gasteiger charge is 2.26. The van der Waals surface area contributed by atoms with Gasteiger partial charge in [0.1, 0.15) is 6.07 Å². The lowest BCUT2D eigenvalue weighted by atomic mass is 9.95. The number of benzene rings is 1. The molecule has 156 valence electrons. The number of likely N-dealkylation sites (tertiary alicyclic amines) is 1. The molecule has 0 N–H and O–H groups in total. The monoisotopic (exact) mass is 520 g/mol. The molecule has 5 heteroatoms.